The fourth-order valence-corrected chi connectivity index (χ4v) is 2.36. The van der Waals surface area contributed by atoms with E-state index in [1.807, 2.05) is 11.9 Å². The van der Waals surface area contributed by atoms with Crippen LogP contribution in [-0.4, -0.2) is 47.7 Å². The van der Waals surface area contributed by atoms with Gasteiger partial charge in [-0.25, -0.2) is 0 Å². The Kier molecular flexibility index (Phi) is 2.69. The van der Waals surface area contributed by atoms with Gasteiger partial charge in [-0.15, -0.1) is 10.2 Å². The summed E-state index contributed by atoms with van der Waals surface area (Å²) >= 11 is 4.70. The lowest BCUT2D eigenvalue weighted by Crippen LogP contribution is -2.48. The molecule has 0 unspecified atom stereocenters. The number of carbonyl (C=O) groups excluding carboxylic acids is 1. The molecule has 0 aliphatic carbocycles. The molecule has 1 aromatic rings. The number of halogens is 1. The van der Waals surface area contributed by atoms with Gasteiger partial charge in [0.2, 0.25) is 11.0 Å². The molecule has 0 aromatic carbocycles. The Labute approximate surface area is 93.8 Å². The zero-order valence-electron chi connectivity index (χ0n) is 7.60. The maximum Gasteiger partial charge on any atom is 0.241 e. The lowest BCUT2D eigenvalue weighted by Gasteiger charge is -2.31. The van der Waals surface area contributed by atoms with Crippen molar-refractivity contribution < 1.29 is 4.79 Å². The molecule has 7 heteroatoms. The first-order valence-corrected chi connectivity index (χ1v) is 5.75. The van der Waals surface area contributed by atoms with Gasteiger partial charge in [-0.3, -0.25) is 4.79 Å². The Morgan fingerprint density at radius 1 is 1.43 bits per heavy atom. The van der Waals surface area contributed by atoms with Crippen molar-refractivity contribution >= 4 is 38.3 Å². The molecule has 1 aliphatic rings. The van der Waals surface area contributed by atoms with Crippen LogP contribution in [-0.2, 0) is 4.79 Å². The minimum Gasteiger partial charge on any atom is -0.342 e. The number of nitrogens with zero attached hydrogens (tertiary/aromatic N) is 4. The topological polar surface area (TPSA) is 49.3 Å². The first-order valence-electron chi connectivity index (χ1n) is 4.15. The van der Waals surface area contributed by atoms with Crippen molar-refractivity contribution in [3.05, 3.63) is 3.92 Å². The molecule has 1 fully saturated rings. The van der Waals surface area contributed by atoms with Gasteiger partial charge in [0.15, 0.2) is 3.92 Å². The van der Waals surface area contributed by atoms with Crippen LogP contribution in [0.1, 0.15) is 0 Å². The summed E-state index contributed by atoms with van der Waals surface area (Å²) in [4.78, 5) is 15.1. The normalized spacial score (nSPS) is 17.7. The molecule has 5 nitrogen and oxygen atoms in total. The van der Waals surface area contributed by atoms with E-state index >= 15 is 0 Å². The Bertz CT molecular complexity index is 355. The summed E-state index contributed by atoms with van der Waals surface area (Å²) in [5, 5.41) is 8.63. The molecule has 1 aromatic heterocycles. The molecular formula is C7H9BrN4OS. The Morgan fingerprint density at radius 3 is 2.79 bits per heavy atom. The van der Waals surface area contributed by atoms with Crippen molar-refractivity contribution in [1.82, 2.24) is 15.1 Å². The minimum atomic E-state index is 0.127. The van der Waals surface area contributed by atoms with E-state index in [4.69, 9.17) is 0 Å². The monoisotopic (exact) mass is 276 g/mol. The molecule has 0 atom stereocenters. The minimum absolute atomic E-state index is 0.127. The second kappa shape index (κ2) is 3.82. The summed E-state index contributed by atoms with van der Waals surface area (Å²) in [6, 6.07) is 0. The van der Waals surface area contributed by atoms with E-state index in [1.165, 1.54) is 11.3 Å². The second-order valence-corrected chi connectivity index (χ2v) is 5.31. The number of aromatic nitrogens is 2. The lowest BCUT2D eigenvalue weighted by molar-refractivity contribution is -0.129. The van der Waals surface area contributed by atoms with E-state index in [1.54, 1.807) is 4.90 Å². The summed E-state index contributed by atoms with van der Waals surface area (Å²) in [6.45, 7) is 1.97. The Balaban J connectivity index is 2.10. The lowest BCUT2D eigenvalue weighted by atomic mass is 10.3. The van der Waals surface area contributed by atoms with Crippen molar-refractivity contribution in [2.75, 3.05) is 31.6 Å². The number of likely N-dealkylation sites (N-methyl/N-ethyl adjacent to an activating group) is 1. The van der Waals surface area contributed by atoms with Gasteiger partial charge in [0.1, 0.15) is 0 Å². The molecule has 0 saturated carbocycles. The quantitative estimate of drug-likeness (QED) is 0.753. The molecule has 76 valence electrons. The third-order valence-electron chi connectivity index (χ3n) is 2.12. The van der Waals surface area contributed by atoms with Crippen molar-refractivity contribution in [1.29, 1.82) is 0 Å². The standard InChI is InChI=1S/C7H9BrN4OS/c1-11-2-3-12(4-5(11)13)7-10-9-6(8)14-7/h2-4H2,1H3. The number of carbonyl (C=O) groups is 1. The number of anilines is 1. The molecule has 0 bridgehead atoms. The van der Waals surface area contributed by atoms with Gasteiger partial charge in [0.25, 0.3) is 0 Å². The van der Waals surface area contributed by atoms with Crippen LogP contribution in [0.2, 0.25) is 0 Å². The average molecular weight is 277 g/mol. The highest BCUT2D eigenvalue weighted by molar-refractivity contribution is 9.11. The van der Waals surface area contributed by atoms with Crippen molar-refractivity contribution in [2.45, 2.75) is 0 Å². The van der Waals surface area contributed by atoms with E-state index < -0.39 is 0 Å². The van der Waals surface area contributed by atoms with Crippen LogP contribution in [0.4, 0.5) is 5.13 Å². The molecule has 1 aliphatic heterocycles. The van der Waals surface area contributed by atoms with Gasteiger partial charge in [-0.2, -0.15) is 0 Å². The van der Waals surface area contributed by atoms with Gasteiger partial charge >= 0.3 is 0 Å². The van der Waals surface area contributed by atoms with Crippen molar-refractivity contribution in [2.24, 2.45) is 0 Å². The van der Waals surface area contributed by atoms with Gasteiger partial charge in [0.05, 0.1) is 6.54 Å². The highest BCUT2D eigenvalue weighted by Crippen LogP contribution is 2.24. The number of amides is 1. The third-order valence-corrected chi connectivity index (χ3v) is 3.53. The maximum absolute atomic E-state index is 11.4. The summed E-state index contributed by atoms with van der Waals surface area (Å²) < 4.78 is 0.749. The van der Waals surface area contributed by atoms with E-state index in [0.717, 1.165) is 22.1 Å². The molecule has 0 N–H and O–H groups in total. The van der Waals surface area contributed by atoms with Crippen LogP contribution < -0.4 is 4.90 Å². The summed E-state index contributed by atoms with van der Waals surface area (Å²) in [5.41, 5.74) is 0. The molecule has 0 radical (unpaired) electrons. The number of hydrogen-bond donors (Lipinski definition) is 0. The maximum atomic E-state index is 11.4. The highest BCUT2D eigenvalue weighted by atomic mass is 79.9. The first-order chi connectivity index (χ1) is 6.66. The molecule has 14 heavy (non-hydrogen) atoms. The zero-order chi connectivity index (χ0) is 10.1. The van der Waals surface area contributed by atoms with Crippen LogP contribution in [0.3, 0.4) is 0 Å². The van der Waals surface area contributed by atoms with E-state index in [0.29, 0.717) is 6.54 Å². The summed E-state index contributed by atoms with van der Waals surface area (Å²) in [6.07, 6.45) is 0. The van der Waals surface area contributed by atoms with Crippen LogP contribution in [0.15, 0.2) is 3.92 Å². The van der Waals surface area contributed by atoms with Gasteiger partial charge in [-0.1, -0.05) is 11.3 Å². The summed E-state index contributed by atoms with van der Waals surface area (Å²) in [5.74, 6) is 0.127. The van der Waals surface area contributed by atoms with E-state index in [-0.39, 0.29) is 5.91 Å². The zero-order valence-corrected chi connectivity index (χ0v) is 10.0. The smallest absolute Gasteiger partial charge is 0.241 e. The van der Waals surface area contributed by atoms with Gasteiger partial charge in [-0.05, 0) is 15.9 Å². The third kappa shape index (κ3) is 1.88. The molecule has 1 saturated heterocycles. The van der Waals surface area contributed by atoms with Gasteiger partial charge < -0.3 is 9.80 Å². The average Bonchev–Trinajstić information content (AvgIpc) is 2.57. The molecule has 0 spiro atoms. The van der Waals surface area contributed by atoms with Crippen molar-refractivity contribution in [3.8, 4) is 0 Å². The van der Waals surface area contributed by atoms with Gasteiger partial charge in [0, 0.05) is 20.1 Å². The highest BCUT2D eigenvalue weighted by Gasteiger charge is 2.23. The second-order valence-electron chi connectivity index (χ2n) is 3.07. The molecule has 2 rings (SSSR count). The fraction of sp³-hybridized carbons (Fsp3) is 0.571. The Hall–Kier alpha value is -0.690. The number of piperazine rings is 1. The van der Waals surface area contributed by atoms with Crippen LogP contribution in [0, 0.1) is 0 Å². The molecule has 2 heterocycles. The van der Waals surface area contributed by atoms with Crippen molar-refractivity contribution in [3.63, 3.8) is 0 Å². The predicted octanol–water partition coefficient (Wildman–Crippen LogP) is 0.579. The SMILES string of the molecule is CN1CCN(c2nnc(Br)s2)CC1=O. The first kappa shape index (κ1) is 9.85. The summed E-state index contributed by atoms with van der Waals surface area (Å²) in [7, 11) is 1.82. The Morgan fingerprint density at radius 2 is 2.21 bits per heavy atom. The van der Waals surface area contributed by atoms with Crippen LogP contribution >= 0.6 is 27.3 Å². The fourth-order valence-electron chi connectivity index (χ4n) is 1.25. The van der Waals surface area contributed by atoms with E-state index in [9.17, 15) is 4.79 Å². The van der Waals surface area contributed by atoms with Crippen LogP contribution in [0.5, 0.6) is 0 Å². The number of hydrogen-bond acceptors (Lipinski definition) is 5. The molecular weight excluding hydrogens is 268 g/mol. The predicted molar refractivity (Wildman–Crippen MR) is 57.5 cm³/mol. The largest absolute Gasteiger partial charge is 0.342 e. The van der Waals surface area contributed by atoms with Crippen LogP contribution in [0.25, 0.3) is 0 Å². The number of rotatable bonds is 1. The van der Waals surface area contributed by atoms with E-state index in [2.05, 4.69) is 26.1 Å². The molecule has 1 amide bonds.